The van der Waals surface area contributed by atoms with Crippen molar-refractivity contribution in [3.05, 3.63) is 77.9 Å². The molecule has 9 rings (SSSR count). The van der Waals surface area contributed by atoms with Gasteiger partial charge in [0.15, 0.2) is 16.6 Å². The van der Waals surface area contributed by atoms with Gasteiger partial charge in [-0.1, -0.05) is 53.7 Å². The Kier molecular flexibility index (Phi) is 12.6. The second-order valence-corrected chi connectivity index (χ2v) is 32.9. The molecule has 5 aliphatic rings. The molecular formula is C53H66N6O8Si2. The molecule has 69 heavy (non-hydrogen) atoms. The summed E-state index contributed by atoms with van der Waals surface area (Å²) in [5.41, 5.74) is 0.645. The number of carbonyl (C=O) groups excluding carboxylic acids is 4. The van der Waals surface area contributed by atoms with Crippen molar-refractivity contribution in [2.45, 2.75) is 147 Å². The van der Waals surface area contributed by atoms with E-state index in [1.54, 1.807) is 54.9 Å². The number of benzene rings is 2. The smallest absolute Gasteiger partial charge is 0.240 e. The third-order valence-electron chi connectivity index (χ3n) is 16.6. The Morgan fingerprint density at radius 1 is 0.754 bits per heavy atom. The molecule has 0 N–H and O–H groups in total. The number of nitrogens with zero attached hydrogens (tertiary/aromatic N) is 6. The average molecular weight is 971 g/mol. The number of aromatic nitrogens is 2. The number of pyridine rings is 2. The second-order valence-electron chi connectivity index (χ2n) is 23.2. The van der Waals surface area contributed by atoms with Crippen molar-refractivity contribution in [3.63, 3.8) is 0 Å². The summed E-state index contributed by atoms with van der Waals surface area (Å²) in [6.07, 6.45) is 5.48. The molecule has 2 aromatic heterocycles. The number of anilines is 2. The quantitative estimate of drug-likeness (QED) is 0.0843. The molecule has 5 fully saturated rings. The molecule has 7 heterocycles. The third-order valence-corrected chi connectivity index (χ3v) is 25.7. The molecule has 16 heteroatoms. The predicted molar refractivity (Wildman–Crippen MR) is 269 cm³/mol. The number of fused-ring (bicyclic) bond motifs is 8. The molecule has 0 aliphatic carbocycles. The first kappa shape index (κ1) is 50.2. The number of hydrogen-bond acceptors (Lipinski definition) is 11. The van der Waals surface area contributed by atoms with Gasteiger partial charge in [-0.25, -0.2) is 14.6 Å². The maximum Gasteiger partial charge on any atom is 0.240 e. The minimum absolute atomic E-state index is 0.0892. The molecule has 0 saturated carbocycles. The minimum Gasteiger partial charge on any atom is -0.417 e. The van der Waals surface area contributed by atoms with Crippen LogP contribution in [0.5, 0.6) is 0 Å². The summed E-state index contributed by atoms with van der Waals surface area (Å²) in [4.78, 5) is 70.0. The molecule has 0 spiro atoms. The Labute approximate surface area is 408 Å². The standard InChI is InChI=1S/C27H33N3O4Si.C26H33N3O4Si/c1-25(2,3)35(6,7)33-16-14-27-13-12-26(4,34-27)20-21(27)24(32)30(23(20)31)19-11-10-18(28-5)22-17(19)9-8-15-29-22;1-25(2,3)34(6,7)32-14-12-19-20-21(26(4,5)33-19)24(31)29(23(20)30)18-11-10-16(15-27)22-17(18)9-8-13-28-22/h8-11,15,20-21H,12-14,16H2,1-4,6-7H3;8-11,13,19-21H,12,14H2,1-7H3/t20-,21+,26?,27?;19?,20-,21+/m11/s1. The molecule has 5 aliphatic heterocycles. The van der Waals surface area contributed by atoms with Gasteiger partial charge in [-0.3, -0.25) is 29.1 Å². The summed E-state index contributed by atoms with van der Waals surface area (Å²) >= 11 is 0. The molecule has 5 saturated heterocycles. The summed E-state index contributed by atoms with van der Waals surface area (Å²) in [6.45, 7) is 36.3. The van der Waals surface area contributed by atoms with Crippen LogP contribution in [0.15, 0.2) is 60.9 Å². The van der Waals surface area contributed by atoms with Crippen LogP contribution in [0.1, 0.15) is 93.6 Å². The highest BCUT2D eigenvalue weighted by molar-refractivity contribution is 6.74. The van der Waals surface area contributed by atoms with Crippen LogP contribution in [0.3, 0.4) is 0 Å². The van der Waals surface area contributed by atoms with Crippen LogP contribution >= 0.6 is 0 Å². The van der Waals surface area contributed by atoms with Crippen LogP contribution in [0.25, 0.3) is 26.7 Å². The summed E-state index contributed by atoms with van der Waals surface area (Å²) < 4.78 is 25.6. The van der Waals surface area contributed by atoms with Crippen LogP contribution in [0.2, 0.25) is 36.3 Å². The fraction of sp³-hybridized carbons (Fsp3) is 0.547. The lowest BCUT2D eigenvalue weighted by Crippen LogP contribution is -2.45. The van der Waals surface area contributed by atoms with E-state index in [4.69, 9.17) is 24.9 Å². The van der Waals surface area contributed by atoms with Crippen molar-refractivity contribution < 1.29 is 37.5 Å². The molecule has 3 unspecified atom stereocenters. The zero-order valence-corrected chi connectivity index (χ0v) is 44.4. The number of carbonyl (C=O) groups is 4. The molecule has 2 bridgehead atoms. The molecule has 364 valence electrons. The zero-order chi connectivity index (χ0) is 50.4. The van der Waals surface area contributed by atoms with Crippen LogP contribution in [-0.2, 0) is 37.5 Å². The maximum atomic E-state index is 14.0. The first-order chi connectivity index (χ1) is 32.2. The predicted octanol–water partition coefficient (Wildman–Crippen LogP) is 10.4. The summed E-state index contributed by atoms with van der Waals surface area (Å²) in [7, 11) is -3.88. The van der Waals surface area contributed by atoms with Gasteiger partial charge < -0.3 is 18.3 Å². The van der Waals surface area contributed by atoms with E-state index in [-0.39, 0.29) is 33.7 Å². The van der Waals surface area contributed by atoms with Gasteiger partial charge in [0.05, 0.1) is 81.1 Å². The van der Waals surface area contributed by atoms with Crippen LogP contribution in [0.4, 0.5) is 17.1 Å². The largest absolute Gasteiger partial charge is 0.417 e. The van der Waals surface area contributed by atoms with Crippen molar-refractivity contribution in [2.75, 3.05) is 23.0 Å². The monoisotopic (exact) mass is 970 g/mol. The van der Waals surface area contributed by atoms with Gasteiger partial charge in [0, 0.05) is 36.4 Å². The zero-order valence-electron chi connectivity index (χ0n) is 42.4. The fourth-order valence-electron chi connectivity index (χ4n) is 10.9. The molecule has 4 amide bonds. The molecule has 7 atom stereocenters. The van der Waals surface area contributed by atoms with Gasteiger partial charge >= 0.3 is 0 Å². The second kappa shape index (κ2) is 17.3. The summed E-state index contributed by atoms with van der Waals surface area (Å²) in [6, 6.07) is 15.9. The number of nitriles is 1. The highest BCUT2D eigenvalue weighted by Gasteiger charge is 2.74. The topological polar surface area (TPSA) is 166 Å². The molecule has 14 nitrogen and oxygen atoms in total. The number of ether oxygens (including phenoxy) is 2. The first-order valence-electron chi connectivity index (χ1n) is 24.1. The number of amides is 4. The van der Waals surface area contributed by atoms with E-state index >= 15 is 0 Å². The number of imide groups is 2. The maximum absolute atomic E-state index is 14.0. The third kappa shape index (κ3) is 8.24. The van der Waals surface area contributed by atoms with Gasteiger partial charge in [0.2, 0.25) is 29.3 Å². The lowest BCUT2D eigenvalue weighted by Gasteiger charge is -2.38. The Bertz CT molecular complexity index is 2860. The molecular weight excluding hydrogens is 905 g/mol. The van der Waals surface area contributed by atoms with Crippen molar-refractivity contribution in [2.24, 2.45) is 23.7 Å². The van der Waals surface area contributed by atoms with Crippen LogP contribution < -0.4 is 9.80 Å². The minimum atomic E-state index is -1.95. The lowest BCUT2D eigenvalue weighted by molar-refractivity contribution is -0.132. The van der Waals surface area contributed by atoms with Crippen molar-refractivity contribution >= 4 is 79.1 Å². The van der Waals surface area contributed by atoms with Gasteiger partial charge in [-0.2, -0.15) is 5.26 Å². The van der Waals surface area contributed by atoms with Gasteiger partial charge in [-0.05, 0) is 119 Å². The van der Waals surface area contributed by atoms with E-state index in [1.165, 1.54) is 9.80 Å². The first-order valence-corrected chi connectivity index (χ1v) is 29.9. The highest BCUT2D eigenvalue weighted by atomic mass is 28.4. The molecule has 4 aromatic rings. The SMILES string of the molecule is CC1(C)OC(CCO[Si](C)(C)C(C)(C)C)[C@H]2C(=O)N(c3ccc(C#N)c4ncccc34)C(=O)[C@H]21.[C-]#[N+]c1ccc(N2C(=O)[C@@H]3[C@H](C2=O)C2(C)CCC3(CCO[Si](C)(C)C(C)(C)C)O2)c2cccnc12. The van der Waals surface area contributed by atoms with E-state index in [0.717, 1.165) is 12.8 Å². The fourth-order valence-corrected chi connectivity index (χ4v) is 13.0. The van der Waals surface area contributed by atoms with E-state index in [9.17, 15) is 24.4 Å². The Morgan fingerprint density at radius 3 is 1.88 bits per heavy atom. The van der Waals surface area contributed by atoms with Crippen molar-refractivity contribution in [3.8, 4) is 6.07 Å². The number of hydrogen-bond donors (Lipinski definition) is 0. The van der Waals surface area contributed by atoms with Gasteiger partial charge in [0.1, 0.15) is 6.07 Å². The van der Waals surface area contributed by atoms with Gasteiger partial charge in [-0.15, -0.1) is 0 Å². The highest BCUT2D eigenvalue weighted by Crippen LogP contribution is 2.63. The van der Waals surface area contributed by atoms with E-state index < -0.39 is 63.2 Å². The Hall–Kier alpha value is -5.21. The number of rotatable bonds is 10. The van der Waals surface area contributed by atoms with Gasteiger partial charge in [0.25, 0.3) is 0 Å². The van der Waals surface area contributed by atoms with E-state index in [1.807, 2.05) is 26.8 Å². The molecule has 2 aromatic carbocycles. The Morgan fingerprint density at radius 2 is 1.29 bits per heavy atom. The van der Waals surface area contributed by atoms with Crippen molar-refractivity contribution in [1.29, 1.82) is 5.26 Å². The van der Waals surface area contributed by atoms with Crippen LogP contribution in [-0.4, -0.2) is 86.4 Å². The summed E-state index contributed by atoms with van der Waals surface area (Å²) in [5.74, 6) is -3.11. The lowest BCUT2D eigenvalue weighted by atomic mass is 9.67. The average Bonchev–Trinajstić information content (AvgIpc) is 4.01. The normalized spacial score (nSPS) is 27.4. The Balaban J connectivity index is 0.000000186. The molecule has 0 radical (unpaired) electrons. The van der Waals surface area contributed by atoms with Crippen molar-refractivity contribution in [1.82, 2.24) is 9.97 Å². The van der Waals surface area contributed by atoms with Crippen LogP contribution in [0, 0.1) is 41.6 Å². The van der Waals surface area contributed by atoms with E-state index in [0.29, 0.717) is 70.5 Å². The van der Waals surface area contributed by atoms with E-state index in [2.05, 4.69) is 88.6 Å². The summed E-state index contributed by atoms with van der Waals surface area (Å²) in [5, 5.41) is 10.9.